The van der Waals surface area contributed by atoms with E-state index in [2.05, 4.69) is 20.8 Å². The molecule has 0 saturated heterocycles. The summed E-state index contributed by atoms with van der Waals surface area (Å²) in [6, 6.07) is 14.2. The maximum Gasteiger partial charge on any atom is 0.373 e. The van der Waals surface area contributed by atoms with E-state index in [0.29, 0.717) is 24.0 Å². The highest BCUT2D eigenvalue weighted by Gasteiger charge is 2.21. The molecule has 0 amide bonds. The molecular weight excluding hydrogens is 396 g/mol. The topological polar surface area (TPSA) is 71.1 Å². The highest BCUT2D eigenvalue weighted by atomic mass is 17.3. The van der Waals surface area contributed by atoms with E-state index in [9.17, 15) is 9.59 Å². The molecule has 2 aromatic rings. The molecule has 0 spiro atoms. The molecule has 0 aliphatic rings. The van der Waals surface area contributed by atoms with Gasteiger partial charge in [0.05, 0.1) is 11.1 Å². The highest BCUT2D eigenvalue weighted by molar-refractivity contribution is 5.89. The standard InChI is InChI=1S/C25H30O6/c1-4-7-10-23(28-30-24(26)21-15-11-19(8-5-2)12-16-21)29-31-25(27)22-17-13-20(9-6-3)14-18-22/h11-18H,1,4-10H2,2-3H3. The van der Waals surface area contributed by atoms with E-state index in [1.54, 1.807) is 24.3 Å². The largest absolute Gasteiger partial charge is 0.373 e. The number of rotatable bonds is 13. The third kappa shape index (κ3) is 8.52. The summed E-state index contributed by atoms with van der Waals surface area (Å²) in [5, 5.41) is 0. The lowest BCUT2D eigenvalue weighted by atomic mass is 10.1. The minimum absolute atomic E-state index is 0.129. The second kappa shape index (κ2) is 13.6. The van der Waals surface area contributed by atoms with Crippen LogP contribution in [-0.4, -0.2) is 11.9 Å². The van der Waals surface area contributed by atoms with Gasteiger partial charge < -0.3 is 0 Å². The van der Waals surface area contributed by atoms with Gasteiger partial charge >= 0.3 is 18.2 Å². The number of hydrogen-bond donors (Lipinski definition) is 0. The Balaban J connectivity index is 1.87. The first kappa shape index (κ1) is 24.6. The maximum atomic E-state index is 12.2. The van der Waals surface area contributed by atoms with Crippen molar-refractivity contribution in [2.75, 3.05) is 0 Å². The molecule has 2 rings (SSSR count). The molecule has 0 unspecified atom stereocenters. The van der Waals surface area contributed by atoms with Gasteiger partial charge in [-0.25, -0.2) is 9.59 Å². The molecule has 2 radical (unpaired) electrons. The molecule has 6 heteroatoms. The van der Waals surface area contributed by atoms with Crippen molar-refractivity contribution in [1.29, 1.82) is 0 Å². The van der Waals surface area contributed by atoms with Crippen molar-refractivity contribution in [3.63, 3.8) is 0 Å². The average molecular weight is 427 g/mol. The molecule has 0 saturated carbocycles. The van der Waals surface area contributed by atoms with Gasteiger partial charge in [-0.1, -0.05) is 64.3 Å². The van der Waals surface area contributed by atoms with Crippen molar-refractivity contribution in [2.45, 2.75) is 58.8 Å². The van der Waals surface area contributed by atoms with Gasteiger partial charge in [0, 0.05) is 6.42 Å². The van der Waals surface area contributed by atoms with Gasteiger partial charge in [-0.05, 0) is 54.7 Å². The Hall–Kier alpha value is -2.70. The zero-order chi connectivity index (χ0) is 22.5. The van der Waals surface area contributed by atoms with Crippen LogP contribution in [0.2, 0.25) is 0 Å². The van der Waals surface area contributed by atoms with E-state index in [1.807, 2.05) is 24.3 Å². The second-order valence-corrected chi connectivity index (χ2v) is 7.13. The zero-order valence-corrected chi connectivity index (χ0v) is 18.2. The second-order valence-electron chi connectivity index (χ2n) is 7.13. The molecule has 0 heterocycles. The number of carbonyl (C=O) groups excluding carboxylic acids is 2. The fourth-order valence-electron chi connectivity index (χ4n) is 2.82. The van der Waals surface area contributed by atoms with Crippen LogP contribution >= 0.6 is 0 Å². The van der Waals surface area contributed by atoms with Gasteiger partial charge in [-0.15, -0.1) is 9.78 Å². The monoisotopic (exact) mass is 426 g/mol. The third-order valence-corrected chi connectivity index (χ3v) is 4.51. The summed E-state index contributed by atoms with van der Waals surface area (Å²) < 4.78 is 0. The Kier molecular flexibility index (Phi) is 10.8. The minimum atomic E-state index is -0.670. The fraction of sp³-hybridized carbons (Fsp3) is 0.360. The molecule has 2 aromatic carbocycles. The minimum Gasteiger partial charge on any atom is -0.289 e. The number of unbranched alkanes of at least 4 members (excludes halogenated alkanes) is 1. The Morgan fingerprint density at radius 3 is 1.48 bits per heavy atom. The third-order valence-electron chi connectivity index (χ3n) is 4.51. The van der Waals surface area contributed by atoms with Crippen molar-refractivity contribution in [1.82, 2.24) is 0 Å². The lowest BCUT2D eigenvalue weighted by molar-refractivity contribution is -0.363. The van der Waals surface area contributed by atoms with E-state index < -0.39 is 11.9 Å². The summed E-state index contributed by atoms with van der Waals surface area (Å²) >= 11 is 0. The first-order valence-corrected chi connectivity index (χ1v) is 10.7. The fourth-order valence-corrected chi connectivity index (χ4v) is 2.82. The van der Waals surface area contributed by atoms with Crippen molar-refractivity contribution in [3.05, 3.63) is 84.0 Å². The van der Waals surface area contributed by atoms with E-state index in [1.165, 1.54) is 0 Å². The normalized spacial score (nSPS) is 10.8. The Bertz CT molecular complexity index is 732. The van der Waals surface area contributed by atoms with Crippen molar-refractivity contribution >= 4 is 11.9 Å². The number of hydrogen-bond acceptors (Lipinski definition) is 6. The summed E-state index contributed by atoms with van der Waals surface area (Å²) in [5.41, 5.74) is 2.97. The van der Waals surface area contributed by atoms with Crippen molar-refractivity contribution in [2.24, 2.45) is 0 Å². The van der Waals surface area contributed by atoms with E-state index in [4.69, 9.17) is 19.6 Å². The van der Waals surface area contributed by atoms with Gasteiger partial charge in [-0.2, -0.15) is 0 Å². The SMILES string of the molecule is [CH2]CCC[C](OOC(=O)c1ccc(CCC)cc1)OOC(=O)c1ccc(CCC)cc1. The molecule has 0 fully saturated rings. The van der Waals surface area contributed by atoms with Gasteiger partial charge in [0.25, 0.3) is 0 Å². The summed E-state index contributed by atoms with van der Waals surface area (Å²) in [7, 11) is 0. The summed E-state index contributed by atoms with van der Waals surface area (Å²) in [4.78, 5) is 44.1. The zero-order valence-electron chi connectivity index (χ0n) is 18.2. The molecule has 6 nitrogen and oxygen atoms in total. The number of carbonyl (C=O) groups is 2. The van der Waals surface area contributed by atoms with E-state index in [-0.39, 0.29) is 12.7 Å². The summed E-state index contributed by atoms with van der Waals surface area (Å²) in [6.45, 7) is 7.93. The molecule has 0 N–H and O–H groups in total. The van der Waals surface area contributed by atoms with Crippen molar-refractivity contribution < 1.29 is 29.1 Å². The summed E-state index contributed by atoms with van der Waals surface area (Å²) in [6.07, 6.45) is 5.26. The van der Waals surface area contributed by atoms with Crippen LogP contribution in [0, 0.1) is 13.2 Å². The molecule has 166 valence electrons. The summed E-state index contributed by atoms with van der Waals surface area (Å²) in [5.74, 6) is -1.34. The highest BCUT2D eigenvalue weighted by Crippen LogP contribution is 2.18. The van der Waals surface area contributed by atoms with Gasteiger partial charge in [-0.3, -0.25) is 9.78 Å². The maximum absolute atomic E-state index is 12.2. The first-order chi connectivity index (χ1) is 15.1. The Morgan fingerprint density at radius 2 is 1.13 bits per heavy atom. The molecule has 0 atom stereocenters. The van der Waals surface area contributed by atoms with Crippen LogP contribution in [-0.2, 0) is 32.4 Å². The Morgan fingerprint density at radius 1 is 0.710 bits per heavy atom. The predicted octanol–water partition coefficient (Wildman–Crippen LogP) is 5.96. The van der Waals surface area contributed by atoms with Crippen LogP contribution in [0.1, 0.15) is 77.8 Å². The number of benzene rings is 2. The van der Waals surface area contributed by atoms with Gasteiger partial charge in [0.2, 0.25) is 0 Å². The molecule has 31 heavy (non-hydrogen) atoms. The predicted molar refractivity (Wildman–Crippen MR) is 116 cm³/mol. The van der Waals surface area contributed by atoms with Crippen LogP contribution in [0.15, 0.2) is 48.5 Å². The van der Waals surface area contributed by atoms with Crippen molar-refractivity contribution in [3.8, 4) is 0 Å². The van der Waals surface area contributed by atoms with E-state index >= 15 is 0 Å². The van der Waals surface area contributed by atoms with Crippen LogP contribution in [0.25, 0.3) is 0 Å². The van der Waals surface area contributed by atoms with Gasteiger partial charge in [0.1, 0.15) is 0 Å². The van der Waals surface area contributed by atoms with Crippen LogP contribution < -0.4 is 0 Å². The van der Waals surface area contributed by atoms with E-state index in [0.717, 1.165) is 36.8 Å². The van der Waals surface area contributed by atoms with Crippen LogP contribution in [0.5, 0.6) is 0 Å². The lowest BCUT2D eigenvalue weighted by Gasteiger charge is -2.13. The van der Waals surface area contributed by atoms with Crippen LogP contribution in [0.4, 0.5) is 0 Å². The van der Waals surface area contributed by atoms with Gasteiger partial charge in [0.15, 0.2) is 0 Å². The molecular formula is C25H30O6. The molecule has 0 bridgehead atoms. The smallest absolute Gasteiger partial charge is 0.289 e. The number of aryl methyl sites for hydroxylation is 2. The average Bonchev–Trinajstić information content (AvgIpc) is 2.79. The molecule has 0 aromatic heterocycles. The quantitative estimate of drug-likeness (QED) is 0.291. The molecule has 0 aliphatic carbocycles. The lowest BCUT2D eigenvalue weighted by Crippen LogP contribution is -2.16. The first-order valence-electron chi connectivity index (χ1n) is 10.7. The van der Waals surface area contributed by atoms with Crippen LogP contribution in [0.3, 0.4) is 0 Å². The molecule has 0 aliphatic heterocycles. The Labute approximate surface area is 184 Å².